The molecule has 13 rings (SSSR count). The van der Waals surface area contributed by atoms with Crippen LogP contribution >= 0.6 is 0 Å². The summed E-state index contributed by atoms with van der Waals surface area (Å²) in [5.74, 6) is 5.24. The molecule has 0 radical (unpaired) electrons. The molecule has 4 fully saturated rings. The van der Waals surface area contributed by atoms with Gasteiger partial charge in [0.1, 0.15) is 0 Å². The van der Waals surface area contributed by atoms with Crippen molar-refractivity contribution in [2.75, 3.05) is 0 Å². The second kappa shape index (κ2) is 10.2. The minimum absolute atomic E-state index is 0.0979. The first-order valence-corrected chi connectivity index (χ1v) is 18.7. The molecule has 2 heterocycles. The molecule has 4 nitrogen and oxygen atoms in total. The van der Waals surface area contributed by atoms with E-state index in [1.54, 1.807) is 11.1 Å². The molecular formula is C47H36N4. The zero-order chi connectivity index (χ0) is 33.3. The van der Waals surface area contributed by atoms with Crippen LogP contribution in [0.5, 0.6) is 0 Å². The molecule has 4 saturated carbocycles. The van der Waals surface area contributed by atoms with E-state index in [2.05, 4.69) is 102 Å². The Kier molecular flexibility index (Phi) is 5.64. The summed E-state index contributed by atoms with van der Waals surface area (Å²) >= 11 is 0. The Morgan fingerprint density at radius 1 is 0.490 bits per heavy atom. The lowest BCUT2D eigenvalue weighted by atomic mass is 9.43. The van der Waals surface area contributed by atoms with Gasteiger partial charge in [0, 0.05) is 27.3 Å². The fraction of sp³-hybridized carbons (Fsp3) is 0.213. The monoisotopic (exact) mass is 656 g/mol. The molecule has 5 aliphatic carbocycles. The summed E-state index contributed by atoms with van der Waals surface area (Å²) in [6, 6.07) is 48.6. The highest BCUT2D eigenvalue weighted by Gasteiger charge is 2.61. The van der Waals surface area contributed by atoms with E-state index in [1.165, 1.54) is 64.8 Å². The first-order valence-electron chi connectivity index (χ1n) is 18.7. The highest BCUT2D eigenvalue weighted by molar-refractivity contribution is 6.22. The van der Waals surface area contributed by atoms with E-state index in [4.69, 9.17) is 15.0 Å². The zero-order valence-corrected chi connectivity index (χ0v) is 28.3. The van der Waals surface area contributed by atoms with Crippen LogP contribution in [0.15, 0.2) is 133 Å². The van der Waals surface area contributed by atoms with E-state index in [1.807, 2.05) is 36.4 Å². The Morgan fingerprint density at radius 3 is 1.82 bits per heavy atom. The van der Waals surface area contributed by atoms with Crippen LogP contribution in [0.1, 0.15) is 43.2 Å². The number of hydrogen-bond donors (Lipinski definition) is 0. The summed E-state index contributed by atoms with van der Waals surface area (Å²) in [7, 11) is 0. The van der Waals surface area contributed by atoms with Crippen LogP contribution in [-0.4, -0.2) is 19.5 Å². The first kappa shape index (κ1) is 28.1. The molecule has 51 heavy (non-hydrogen) atoms. The molecule has 5 aliphatic rings. The minimum atomic E-state index is 0.0979. The highest BCUT2D eigenvalue weighted by atomic mass is 15.2. The second-order valence-electron chi connectivity index (χ2n) is 15.7. The molecule has 0 atom stereocenters. The molecular weight excluding hydrogens is 621 g/mol. The SMILES string of the molecule is c1ccc(-c2nc(-c3ccccc3)nc(-n3c4cc5c(cc4c4c6ccccc6ccc43)C3(c4ccccc4-5)C4CC5CC(C4)CC3C5)n2)cc1. The maximum absolute atomic E-state index is 5.27. The Morgan fingerprint density at radius 2 is 1.12 bits per heavy atom. The average molecular weight is 657 g/mol. The summed E-state index contributed by atoms with van der Waals surface area (Å²) in [6.07, 6.45) is 6.95. The lowest BCUT2D eigenvalue weighted by Gasteiger charge is -2.61. The topological polar surface area (TPSA) is 43.6 Å². The molecule has 4 heteroatoms. The quantitative estimate of drug-likeness (QED) is 0.190. The third kappa shape index (κ3) is 3.77. The van der Waals surface area contributed by atoms with Crippen molar-refractivity contribution < 1.29 is 0 Å². The van der Waals surface area contributed by atoms with Crippen LogP contribution in [0.4, 0.5) is 0 Å². The Labute approximate surface area is 296 Å². The average Bonchev–Trinajstić information content (AvgIpc) is 3.66. The summed E-state index contributed by atoms with van der Waals surface area (Å²) in [4.78, 5) is 15.6. The summed E-state index contributed by atoms with van der Waals surface area (Å²) in [6.45, 7) is 0. The van der Waals surface area contributed by atoms with Crippen molar-refractivity contribution >= 4 is 32.6 Å². The van der Waals surface area contributed by atoms with Gasteiger partial charge in [0.25, 0.3) is 0 Å². The fourth-order valence-corrected chi connectivity index (χ4v) is 11.5. The van der Waals surface area contributed by atoms with Gasteiger partial charge in [-0.2, -0.15) is 9.97 Å². The molecule has 6 aromatic carbocycles. The van der Waals surface area contributed by atoms with Crippen molar-refractivity contribution in [1.82, 2.24) is 19.5 Å². The third-order valence-corrected chi connectivity index (χ3v) is 13.2. The molecule has 1 spiro atoms. The van der Waals surface area contributed by atoms with E-state index >= 15 is 0 Å². The number of hydrogen-bond acceptors (Lipinski definition) is 3. The molecule has 0 amide bonds. The molecule has 2 aromatic heterocycles. The number of fused-ring (bicyclic) bond motifs is 8. The van der Waals surface area contributed by atoms with Crippen LogP contribution < -0.4 is 0 Å². The standard InChI is InChI=1S/C47H36N4/c1-3-12-31(13-4-1)44-48-45(32-14-5-2-6-15-32)50-46(49-44)51-41-20-19-30-11-7-8-16-35(30)43(41)38-26-40-37(27-42(38)51)36-17-9-10-18-39(36)47(40)33-22-28-21-29(24-33)25-34(47)23-28/h1-20,26-29,33-34H,21-25H2. The number of aromatic nitrogens is 4. The fourth-order valence-electron chi connectivity index (χ4n) is 11.5. The predicted octanol–water partition coefficient (Wildman–Crippen LogP) is 11.2. The normalized spacial score (nSPS) is 24.2. The lowest BCUT2D eigenvalue weighted by Crippen LogP contribution is -2.55. The van der Waals surface area contributed by atoms with Gasteiger partial charge < -0.3 is 0 Å². The molecule has 0 saturated heterocycles. The minimum Gasteiger partial charge on any atom is -0.278 e. The molecule has 8 aromatic rings. The number of nitrogens with zero attached hydrogens (tertiary/aromatic N) is 4. The van der Waals surface area contributed by atoms with Crippen molar-refractivity contribution in [2.24, 2.45) is 23.7 Å². The van der Waals surface area contributed by atoms with Gasteiger partial charge in [0.2, 0.25) is 5.95 Å². The second-order valence-corrected chi connectivity index (χ2v) is 15.7. The zero-order valence-electron chi connectivity index (χ0n) is 28.3. The van der Waals surface area contributed by atoms with Crippen LogP contribution in [0.3, 0.4) is 0 Å². The van der Waals surface area contributed by atoms with Crippen molar-refractivity contribution in [3.8, 4) is 39.9 Å². The summed E-state index contributed by atoms with van der Waals surface area (Å²) in [5.41, 5.74) is 10.3. The van der Waals surface area contributed by atoms with E-state index in [9.17, 15) is 0 Å². The van der Waals surface area contributed by atoms with E-state index in [0.29, 0.717) is 29.4 Å². The van der Waals surface area contributed by atoms with Crippen molar-refractivity contribution in [3.05, 3.63) is 145 Å². The van der Waals surface area contributed by atoms with E-state index in [-0.39, 0.29) is 5.41 Å². The van der Waals surface area contributed by atoms with E-state index in [0.717, 1.165) is 34.0 Å². The largest absolute Gasteiger partial charge is 0.278 e. The summed E-state index contributed by atoms with van der Waals surface area (Å²) < 4.78 is 2.32. The van der Waals surface area contributed by atoms with Gasteiger partial charge in [-0.15, -0.1) is 0 Å². The van der Waals surface area contributed by atoms with Gasteiger partial charge in [-0.25, -0.2) is 4.98 Å². The number of benzene rings is 6. The molecule has 0 unspecified atom stereocenters. The Hall–Kier alpha value is -5.61. The van der Waals surface area contributed by atoms with Crippen LogP contribution in [-0.2, 0) is 5.41 Å². The van der Waals surface area contributed by atoms with Gasteiger partial charge in [0.15, 0.2) is 11.6 Å². The maximum Gasteiger partial charge on any atom is 0.238 e. The van der Waals surface area contributed by atoms with Gasteiger partial charge >= 0.3 is 0 Å². The molecule has 0 N–H and O–H groups in total. The van der Waals surface area contributed by atoms with Crippen molar-refractivity contribution in [3.63, 3.8) is 0 Å². The first-order chi connectivity index (χ1) is 25.2. The Bertz CT molecular complexity index is 2620. The highest BCUT2D eigenvalue weighted by Crippen LogP contribution is 2.69. The van der Waals surface area contributed by atoms with Crippen molar-refractivity contribution in [1.29, 1.82) is 0 Å². The van der Waals surface area contributed by atoms with Crippen LogP contribution in [0.2, 0.25) is 0 Å². The van der Waals surface area contributed by atoms with Gasteiger partial charge in [-0.05, 0) is 107 Å². The molecule has 244 valence electrons. The Balaban J connectivity index is 1.20. The summed E-state index contributed by atoms with van der Waals surface area (Å²) in [5, 5.41) is 5.10. The number of rotatable bonds is 3. The lowest BCUT2D eigenvalue weighted by molar-refractivity contribution is -0.0399. The van der Waals surface area contributed by atoms with E-state index < -0.39 is 0 Å². The smallest absolute Gasteiger partial charge is 0.238 e. The third-order valence-electron chi connectivity index (χ3n) is 13.2. The maximum atomic E-state index is 5.27. The van der Waals surface area contributed by atoms with Crippen LogP contribution in [0, 0.1) is 23.7 Å². The van der Waals surface area contributed by atoms with Gasteiger partial charge in [-0.3, -0.25) is 4.57 Å². The van der Waals surface area contributed by atoms with Gasteiger partial charge in [0.05, 0.1) is 11.0 Å². The van der Waals surface area contributed by atoms with Crippen molar-refractivity contribution in [2.45, 2.75) is 37.5 Å². The van der Waals surface area contributed by atoms with Crippen LogP contribution in [0.25, 0.3) is 72.4 Å². The van der Waals surface area contributed by atoms with Gasteiger partial charge in [-0.1, -0.05) is 115 Å². The molecule has 4 bridgehead atoms. The molecule has 0 aliphatic heterocycles. The predicted molar refractivity (Wildman–Crippen MR) is 206 cm³/mol.